The van der Waals surface area contributed by atoms with Crippen molar-refractivity contribution < 1.29 is 9.84 Å². The number of hydrogen-bond acceptors (Lipinski definition) is 2. The molecule has 0 spiro atoms. The summed E-state index contributed by atoms with van der Waals surface area (Å²) in [6.07, 6.45) is 4.13. The van der Waals surface area contributed by atoms with Crippen LogP contribution in [0.25, 0.3) is 3.58 Å². The minimum atomic E-state index is -0.383. The lowest BCUT2D eigenvalue weighted by atomic mass is 10.0. The topological polar surface area (TPSA) is 29.5 Å². The van der Waals surface area contributed by atoms with Gasteiger partial charge in [-0.25, -0.2) is 0 Å². The SMILES string of the molecule is CCCCC/C(=C(/I)c1ccc(OC)cc1)C(C)O. The molecule has 1 atom stereocenters. The second-order valence-electron chi connectivity index (χ2n) is 4.70. The van der Waals surface area contributed by atoms with Crippen molar-refractivity contribution in [2.24, 2.45) is 0 Å². The van der Waals surface area contributed by atoms with Gasteiger partial charge in [0.15, 0.2) is 0 Å². The maximum absolute atomic E-state index is 9.96. The molecule has 1 unspecified atom stereocenters. The van der Waals surface area contributed by atoms with E-state index in [9.17, 15) is 5.11 Å². The maximum atomic E-state index is 9.96. The van der Waals surface area contributed by atoms with E-state index >= 15 is 0 Å². The van der Waals surface area contributed by atoms with Crippen LogP contribution in [0.5, 0.6) is 5.75 Å². The summed E-state index contributed by atoms with van der Waals surface area (Å²) in [4.78, 5) is 0. The number of hydrogen-bond donors (Lipinski definition) is 1. The molecule has 1 aromatic carbocycles. The highest BCUT2D eigenvalue weighted by Crippen LogP contribution is 2.31. The first kappa shape index (κ1) is 16.5. The van der Waals surface area contributed by atoms with Crippen LogP contribution in [0.2, 0.25) is 0 Å². The van der Waals surface area contributed by atoms with Crippen molar-refractivity contribution >= 4 is 26.2 Å². The number of rotatable bonds is 7. The van der Waals surface area contributed by atoms with Gasteiger partial charge in [0, 0.05) is 3.58 Å². The Morgan fingerprint density at radius 2 is 1.89 bits per heavy atom. The van der Waals surface area contributed by atoms with Crippen LogP contribution in [0, 0.1) is 0 Å². The Morgan fingerprint density at radius 3 is 2.37 bits per heavy atom. The van der Waals surface area contributed by atoms with E-state index in [1.54, 1.807) is 7.11 Å². The molecule has 106 valence electrons. The van der Waals surface area contributed by atoms with Crippen molar-refractivity contribution in [1.29, 1.82) is 0 Å². The normalized spacial score (nSPS) is 13.9. The molecule has 0 aromatic heterocycles. The van der Waals surface area contributed by atoms with E-state index in [-0.39, 0.29) is 6.10 Å². The summed E-state index contributed by atoms with van der Waals surface area (Å²) in [6.45, 7) is 4.05. The quantitative estimate of drug-likeness (QED) is 0.549. The Kier molecular flexibility index (Phi) is 7.46. The van der Waals surface area contributed by atoms with Gasteiger partial charge in [-0.05, 0) is 65.6 Å². The first-order valence-corrected chi connectivity index (χ1v) is 7.89. The number of halogens is 1. The van der Waals surface area contributed by atoms with Crippen LogP contribution in [-0.2, 0) is 0 Å². The van der Waals surface area contributed by atoms with Crippen LogP contribution in [0.15, 0.2) is 29.8 Å². The van der Waals surface area contributed by atoms with Crippen molar-refractivity contribution in [3.05, 3.63) is 35.4 Å². The van der Waals surface area contributed by atoms with Crippen molar-refractivity contribution in [3.63, 3.8) is 0 Å². The molecule has 0 saturated heterocycles. The van der Waals surface area contributed by atoms with Gasteiger partial charge in [-0.3, -0.25) is 0 Å². The maximum Gasteiger partial charge on any atom is 0.118 e. The van der Waals surface area contributed by atoms with Gasteiger partial charge in [0.2, 0.25) is 0 Å². The van der Waals surface area contributed by atoms with E-state index in [0.29, 0.717) is 0 Å². The van der Waals surface area contributed by atoms with Crippen molar-refractivity contribution in [3.8, 4) is 5.75 Å². The zero-order valence-corrected chi connectivity index (χ0v) is 14.1. The number of ether oxygens (including phenoxy) is 1. The summed E-state index contributed by atoms with van der Waals surface area (Å²) in [6, 6.07) is 8.00. The lowest BCUT2D eigenvalue weighted by molar-refractivity contribution is 0.227. The van der Waals surface area contributed by atoms with Gasteiger partial charge in [-0.1, -0.05) is 31.9 Å². The predicted molar refractivity (Wildman–Crippen MR) is 89.8 cm³/mol. The molecular weight excluding hydrogens is 351 g/mol. The van der Waals surface area contributed by atoms with Crippen molar-refractivity contribution in [2.45, 2.75) is 45.6 Å². The molecule has 0 fully saturated rings. The molecule has 1 N–H and O–H groups in total. The van der Waals surface area contributed by atoms with Crippen molar-refractivity contribution in [1.82, 2.24) is 0 Å². The number of aliphatic hydroxyl groups excluding tert-OH is 1. The van der Waals surface area contributed by atoms with E-state index in [2.05, 4.69) is 29.5 Å². The minimum Gasteiger partial charge on any atom is -0.497 e. The average molecular weight is 374 g/mol. The summed E-state index contributed by atoms with van der Waals surface area (Å²) >= 11 is 2.34. The van der Waals surface area contributed by atoms with Crippen molar-refractivity contribution in [2.75, 3.05) is 7.11 Å². The lowest BCUT2D eigenvalue weighted by Crippen LogP contribution is -2.06. The first-order valence-electron chi connectivity index (χ1n) is 6.81. The third kappa shape index (κ3) is 5.15. The third-order valence-corrected chi connectivity index (χ3v) is 4.49. The first-order chi connectivity index (χ1) is 9.10. The van der Waals surface area contributed by atoms with E-state index in [4.69, 9.17) is 4.74 Å². The Balaban J connectivity index is 2.92. The van der Waals surface area contributed by atoms with Gasteiger partial charge >= 0.3 is 0 Å². The Labute approximate surface area is 130 Å². The van der Waals surface area contributed by atoms with E-state index in [1.807, 2.05) is 31.2 Å². The van der Waals surface area contributed by atoms with E-state index in [1.165, 1.54) is 12.8 Å². The van der Waals surface area contributed by atoms with Gasteiger partial charge < -0.3 is 9.84 Å². The molecule has 19 heavy (non-hydrogen) atoms. The largest absolute Gasteiger partial charge is 0.497 e. The molecule has 2 nitrogen and oxygen atoms in total. The highest BCUT2D eigenvalue weighted by Gasteiger charge is 2.11. The fourth-order valence-corrected chi connectivity index (χ4v) is 3.07. The number of benzene rings is 1. The zero-order chi connectivity index (χ0) is 14.3. The molecule has 1 rings (SSSR count). The number of methoxy groups -OCH3 is 1. The zero-order valence-electron chi connectivity index (χ0n) is 11.9. The average Bonchev–Trinajstić information content (AvgIpc) is 2.42. The van der Waals surface area contributed by atoms with Gasteiger partial charge in [0.05, 0.1) is 13.2 Å². The minimum absolute atomic E-state index is 0.383. The molecular formula is C16H23IO2. The Hall–Kier alpha value is -0.550. The highest BCUT2D eigenvalue weighted by molar-refractivity contribution is 14.1. The summed E-state index contributed by atoms with van der Waals surface area (Å²) < 4.78 is 6.33. The fraction of sp³-hybridized carbons (Fsp3) is 0.500. The Morgan fingerprint density at radius 1 is 1.26 bits per heavy atom. The Bertz CT molecular complexity index is 407. The van der Waals surface area contributed by atoms with Crippen LogP contribution in [-0.4, -0.2) is 18.3 Å². The predicted octanol–water partition coefficient (Wildman–Crippen LogP) is 4.80. The van der Waals surface area contributed by atoms with Crippen LogP contribution >= 0.6 is 22.6 Å². The lowest BCUT2D eigenvalue weighted by Gasteiger charge is -2.14. The fourth-order valence-electron chi connectivity index (χ4n) is 1.99. The standard InChI is InChI=1S/C16H23IO2/c1-4-5-6-7-15(12(2)18)16(17)13-8-10-14(19-3)11-9-13/h8-12,18H,4-7H2,1-3H3/b16-15-. The van der Waals surface area contributed by atoms with Gasteiger partial charge in [-0.15, -0.1) is 0 Å². The molecule has 0 aliphatic carbocycles. The second-order valence-corrected chi connectivity index (χ2v) is 5.78. The van der Waals surface area contributed by atoms with Crippen LogP contribution in [0.3, 0.4) is 0 Å². The van der Waals surface area contributed by atoms with Crippen LogP contribution in [0.1, 0.15) is 45.1 Å². The van der Waals surface area contributed by atoms with E-state index in [0.717, 1.165) is 33.3 Å². The molecule has 0 amide bonds. The molecule has 1 aromatic rings. The molecule has 0 heterocycles. The number of aliphatic hydroxyl groups is 1. The molecule has 0 bridgehead atoms. The molecule has 0 aliphatic rings. The van der Waals surface area contributed by atoms with Crippen LogP contribution in [0.4, 0.5) is 0 Å². The monoisotopic (exact) mass is 374 g/mol. The number of unbranched alkanes of at least 4 members (excludes halogenated alkanes) is 2. The van der Waals surface area contributed by atoms with Gasteiger partial charge in [0.1, 0.15) is 5.75 Å². The van der Waals surface area contributed by atoms with Gasteiger partial charge in [-0.2, -0.15) is 0 Å². The summed E-state index contributed by atoms with van der Waals surface area (Å²) in [5.41, 5.74) is 2.29. The molecule has 0 saturated carbocycles. The summed E-state index contributed by atoms with van der Waals surface area (Å²) in [5, 5.41) is 9.96. The second kappa shape index (κ2) is 8.59. The summed E-state index contributed by atoms with van der Waals surface area (Å²) in [5.74, 6) is 0.859. The molecule has 3 heteroatoms. The summed E-state index contributed by atoms with van der Waals surface area (Å²) in [7, 11) is 1.67. The van der Waals surface area contributed by atoms with E-state index < -0.39 is 0 Å². The molecule has 0 aliphatic heterocycles. The smallest absolute Gasteiger partial charge is 0.118 e. The third-order valence-electron chi connectivity index (χ3n) is 3.18. The van der Waals surface area contributed by atoms with Crippen LogP contribution < -0.4 is 4.74 Å². The van der Waals surface area contributed by atoms with Gasteiger partial charge in [0.25, 0.3) is 0 Å². The highest BCUT2D eigenvalue weighted by atomic mass is 127. The molecule has 0 radical (unpaired) electrons.